The lowest BCUT2D eigenvalue weighted by Crippen LogP contribution is -2.56. The Labute approximate surface area is 290 Å². The van der Waals surface area contributed by atoms with Crippen LogP contribution in [-0.2, 0) is 9.47 Å². The molecule has 0 bridgehead atoms. The fourth-order valence-corrected chi connectivity index (χ4v) is 8.40. The molecule has 2 heterocycles. The van der Waals surface area contributed by atoms with Crippen molar-refractivity contribution in [3.63, 3.8) is 0 Å². The van der Waals surface area contributed by atoms with Crippen LogP contribution in [0.4, 0.5) is 0 Å². The van der Waals surface area contributed by atoms with E-state index in [2.05, 4.69) is 13.8 Å². The Bertz CT molecular complexity index is 575. The van der Waals surface area contributed by atoms with E-state index in [1.165, 1.54) is 241 Å². The van der Waals surface area contributed by atoms with E-state index in [4.69, 9.17) is 9.47 Å². The minimum absolute atomic E-state index is 0.986. The third kappa shape index (κ3) is 21.7. The summed E-state index contributed by atoms with van der Waals surface area (Å²) in [5, 5.41) is 0. The van der Waals surface area contributed by atoms with Gasteiger partial charge < -0.3 is 18.4 Å². The first-order chi connectivity index (χ1) is 22.7. The molecule has 0 aromatic rings. The normalized spacial score (nSPS) is 17.9. The van der Waals surface area contributed by atoms with E-state index in [1.54, 1.807) is 0 Å². The minimum Gasteiger partial charge on any atom is -0.370 e. The van der Waals surface area contributed by atoms with Crippen molar-refractivity contribution < 1.29 is 18.4 Å². The van der Waals surface area contributed by atoms with Crippen LogP contribution in [0.5, 0.6) is 0 Å². The second-order valence-corrected chi connectivity index (χ2v) is 15.9. The molecule has 4 nitrogen and oxygen atoms in total. The van der Waals surface area contributed by atoms with E-state index >= 15 is 0 Å². The van der Waals surface area contributed by atoms with Crippen molar-refractivity contribution in [1.82, 2.24) is 0 Å². The SMILES string of the molecule is CCCCCCCCCCCCCC[N+]1(CCCCCC[N+]2(CCCCCCCCCCCCCC)CCOCC2)CCOCC1. The maximum atomic E-state index is 5.82. The minimum atomic E-state index is 0.986. The number of unbranched alkanes of at least 4 members (excludes halogenated alkanes) is 25. The van der Waals surface area contributed by atoms with Crippen LogP contribution >= 0.6 is 0 Å². The smallest absolute Gasteiger partial charge is 0.102 e. The predicted molar refractivity (Wildman–Crippen MR) is 202 cm³/mol. The first kappa shape index (κ1) is 42.0. The number of quaternary nitrogens is 2. The predicted octanol–water partition coefficient (Wildman–Crippen LogP) is 11.6. The Kier molecular flexibility index (Phi) is 27.2. The Morgan fingerprint density at radius 2 is 0.478 bits per heavy atom. The van der Waals surface area contributed by atoms with Gasteiger partial charge in [0.1, 0.15) is 26.2 Å². The van der Waals surface area contributed by atoms with Gasteiger partial charge in [-0.3, -0.25) is 0 Å². The number of morpholine rings is 2. The highest BCUT2D eigenvalue weighted by Gasteiger charge is 2.30. The Morgan fingerprint density at radius 1 is 0.283 bits per heavy atom. The van der Waals surface area contributed by atoms with Crippen LogP contribution in [0.3, 0.4) is 0 Å². The van der Waals surface area contributed by atoms with E-state index in [0.717, 1.165) is 26.4 Å². The monoisotopic (exact) mass is 651 g/mol. The largest absolute Gasteiger partial charge is 0.370 e. The molecule has 2 aliphatic heterocycles. The quantitative estimate of drug-likeness (QED) is 0.0520. The number of ether oxygens (including phenoxy) is 2. The summed E-state index contributed by atoms with van der Waals surface area (Å²) in [5.41, 5.74) is 0. The highest BCUT2D eigenvalue weighted by atomic mass is 16.5. The summed E-state index contributed by atoms with van der Waals surface area (Å²) < 4.78 is 14.3. The van der Waals surface area contributed by atoms with Crippen LogP contribution in [0.15, 0.2) is 0 Å². The van der Waals surface area contributed by atoms with E-state index in [9.17, 15) is 0 Å². The fourth-order valence-electron chi connectivity index (χ4n) is 8.40. The van der Waals surface area contributed by atoms with Gasteiger partial charge in [0.05, 0.1) is 52.6 Å². The molecule has 0 atom stereocenters. The lowest BCUT2D eigenvalue weighted by atomic mass is 10.0. The molecule has 0 saturated carbocycles. The molecule has 0 aromatic heterocycles. The summed E-state index contributed by atoms with van der Waals surface area (Å²) in [6.45, 7) is 19.2. The molecule has 2 rings (SSSR count). The summed E-state index contributed by atoms with van der Waals surface area (Å²) >= 11 is 0. The molecule has 2 aliphatic rings. The van der Waals surface area contributed by atoms with Gasteiger partial charge in [-0.15, -0.1) is 0 Å². The summed E-state index contributed by atoms with van der Waals surface area (Å²) in [7, 11) is 0. The second kappa shape index (κ2) is 29.7. The topological polar surface area (TPSA) is 18.5 Å². The standard InChI is InChI=1S/C42H86N2O2/c1-3-5-7-9-11-13-15-17-19-21-23-27-31-43(35-39-45-40-36-43)33-29-25-26-30-34-44(37-41-46-42-38-44)32-28-24-22-20-18-16-14-12-10-8-6-4-2/h3-42H2,1-2H3/q+2. The van der Waals surface area contributed by atoms with Gasteiger partial charge >= 0.3 is 0 Å². The van der Waals surface area contributed by atoms with Gasteiger partial charge in [0, 0.05) is 0 Å². The van der Waals surface area contributed by atoms with Crippen molar-refractivity contribution in [3.05, 3.63) is 0 Å². The maximum Gasteiger partial charge on any atom is 0.102 e. The van der Waals surface area contributed by atoms with Gasteiger partial charge in [0.15, 0.2) is 0 Å². The van der Waals surface area contributed by atoms with Crippen molar-refractivity contribution in [3.8, 4) is 0 Å². The third-order valence-corrected chi connectivity index (χ3v) is 11.8. The summed E-state index contributed by atoms with van der Waals surface area (Å²) in [6.07, 6.45) is 40.4. The fraction of sp³-hybridized carbons (Fsp3) is 1.00. The van der Waals surface area contributed by atoms with E-state index < -0.39 is 0 Å². The molecule has 0 aromatic carbocycles. The van der Waals surface area contributed by atoms with Crippen molar-refractivity contribution in [2.75, 3.05) is 78.8 Å². The molecule has 2 fully saturated rings. The van der Waals surface area contributed by atoms with Crippen LogP contribution in [0.25, 0.3) is 0 Å². The van der Waals surface area contributed by atoms with Crippen LogP contribution in [0, 0.1) is 0 Å². The highest BCUT2D eigenvalue weighted by Crippen LogP contribution is 2.21. The number of hydrogen-bond acceptors (Lipinski definition) is 2. The van der Waals surface area contributed by atoms with Crippen LogP contribution in [0.1, 0.15) is 194 Å². The van der Waals surface area contributed by atoms with Gasteiger partial charge in [-0.25, -0.2) is 0 Å². The number of hydrogen-bond donors (Lipinski definition) is 0. The molecule has 2 saturated heterocycles. The zero-order valence-electron chi connectivity index (χ0n) is 32.0. The Balaban J connectivity index is 1.51. The molecular formula is C42H86N2O2+2. The molecule has 0 aliphatic carbocycles. The maximum absolute atomic E-state index is 5.82. The van der Waals surface area contributed by atoms with Crippen molar-refractivity contribution >= 4 is 0 Å². The average molecular weight is 651 g/mol. The van der Waals surface area contributed by atoms with Gasteiger partial charge in [0.2, 0.25) is 0 Å². The van der Waals surface area contributed by atoms with E-state index in [0.29, 0.717) is 0 Å². The molecule has 0 spiro atoms. The third-order valence-electron chi connectivity index (χ3n) is 11.8. The molecule has 4 heteroatoms. The molecule has 46 heavy (non-hydrogen) atoms. The van der Waals surface area contributed by atoms with Crippen molar-refractivity contribution in [2.45, 2.75) is 194 Å². The summed E-state index contributed by atoms with van der Waals surface area (Å²) in [4.78, 5) is 0. The zero-order chi connectivity index (χ0) is 32.7. The molecule has 0 radical (unpaired) electrons. The van der Waals surface area contributed by atoms with Gasteiger partial charge in [-0.2, -0.15) is 0 Å². The summed E-state index contributed by atoms with van der Waals surface area (Å²) in [6, 6.07) is 0. The van der Waals surface area contributed by atoms with E-state index in [-0.39, 0.29) is 0 Å². The van der Waals surface area contributed by atoms with Gasteiger partial charge in [-0.1, -0.05) is 142 Å². The van der Waals surface area contributed by atoms with Crippen LogP contribution in [-0.4, -0.2) is 87.8 Å². The average Bonchev–Trinajstić information content (AvgIpc) is 3.08. The number of rotatable bonds is 33. The van der Waals surface area contributed by atoms with Gasteiger partial charge in [-0.05, 0) is 51.4 Å². The first-order valence-corrected chi connectivity index (χ1v) is 21.6. The second-order valence-electron chi connectivity index (χ2n) is 15.9. The molecule has 0 N–H and O–H groups in total. The highest BCUT2D eigenvalue weighted by molar-refractivity contribution is 4.57. The van der Waals surface area contributed by atoms with Gasteiger partial charge in [0.25, 0.3) is 0 Å². The van der Waals surface area contributed by atoms with Crippen LogP contribution in [0.2, 0.25) is 0 Å². The lowest BCUT2D eigenvalue weighted by molar-refractivity contribution is -0.936. The summed E-state index contributed by atoms with van der Waals surface area (Å²) in [5.74, 6) is 0. The van der Waals surface area contributed by atoms with E-state index in [1.807, 2.05) is 0 Å². The molecule has 274 valence electrons. The molecule has 0 unspecified atom stereocenters. The zero-order valence-corrected chi connectivity index (χ0v) is 32.0. The first-order valence-electron chi connectivity index (χ1n) is 21.6. The van der Waals surface area contributed by atoms with Crippen molar-refractivity contribution in [1.29, 1.82) is 0 Å². The molecule has 0 amide bonds. The van der Waals surface area contributed by atoms with Crippen LogP contribution < -0.4 is 0 Å². The molecular weight excluding hydrogens is 564 g/mol. The van der Waals surface area contributed by atoms with Crippen molar-refractivity contribution in [2.24, 2.45) is 0 Å². The lowest BCUT2D eigenvalue weighted by Gasteiger charge is -2.42. The number of nitrogens with zero attached hydrogens (tertiary/aromatic N) is 2. The Morgan fingerprint density at radius 3 is 0.696 bits per heavy atom. The Hall–Kier alpha value is -0.160.